The first-order chi connectivity index (χ1) is 14.1. The molecule has 9 nitrogen and oxygen atoms in total. The SMILES string of the molecule is CC1=CC(=O)C2=C(C)C[C@H](O[C@@H]3O[C@H](CO)[C@@H](O)[C@H](O)[C@H]3O)[C@@H]3[C@@H](OC(=O)[C@@H]3C)[C@H]12. The predicted octanol–water partition coefficient (Wildman–Crippen LogP) is -0.785. The van der Waals surface area contributed by atoms with Crippen molar-refractivity contribution in [2.45, 2.75) is 70.1 Å². The third kappa shape index (κ3) is 3.24. The number of esters is 1. The number of carbonyl (C=O) groups is 2. The Morgan fingerprint density at radius 3 is 2.50 bits per heavy atom. The summed E-state index contributed by atoms with van der Waals surface area (Å²) in [6, 6.07) is 0. The molecule has 0 aromatic rings. The lowest BCUT2D eigenvalue weighted by atomic mass is 9.79. The molecule has 0 radical (unpaired) electrons. The molecule has 4 N–H and O–H groups in total. The Bertz CT molecular complexity index is 800. The van der Waals surface area contributed by atoms with Crippen LogP contribution < -0.4 is 0 Å². The molecule has 0 saturated carbocycles. The minimum atomic E-state index is -1.56. The Balaban J connectivity index is 1.66. The van der Waals surface area contributed by atoms with E-state index < -0.39 is 61.4 Å². The zero-order valence-corrected chi connectivity index (χ0v) is 17.1. The fourth-order valence-electron chi connectivity index (χ4n) is 5.28. The molecule has 2 fully saturated rings. The van der Waals surface area contributed by atoms with E-state index in [-0.39, 0.29) is 17.7 Å². The molecule has 2 aliphatic carbocycles. The maximum Gasteiger partial charge on any atom is 0.309 e. The number of fused-ring (bicyclic) bond motifs is 3. The van der Waals surface area contributed by atoms with Gasteiger partial charge in [-0.25, -0.2) is 0 Å². The quantitative estimate of drug-likeness (QED) is 0.429. The first-order valence-corrected chi connectivity index (χ1v) is 10.2. The van der Waals surface area contributed by atoms with Gasteiger partial charge in [-0.15, -0.1) is 0 Å². The summed E-state index contributed by atoms with van der Waals surface area (Å²) in [6.07, 6.45) is -6.35. The average molecular weight is 424 g/mol. The second kappa shape index (κ2) is 7.81. The third-order valence-electron chi connectivity index (χ3n) is 6.89. The van der Waals surface area contributed by atoms with Gasteiger partial charge in [0.15, 0.2) is 12.1 Å². The molecule has 2 aliphatic heterocycles. The van der Waals surface area contributed by atoms with Crippen LogP contribution >= 0.6 is 0 Å². The standard InChI is InChI=1S/C21H28O9/c1-7-4-10(23)13-8(2)5-11(15-9(3)20(27)30-19(15)14(7)13)28-21-18(26)17(25)16(24)12(6-22)29-21/h4,9,11-12,14-19,21-22,24-26H,5-6H2,1-3H3/t9-,11+,12-,14-,15-,16-,17+,18-,19+,21-/m1/s1. The van der Waals surface area contributed by atoms with Crippen molar-refractivity contribution in [2.75, 3.05) is 6.61 Å². The second-order valence-electron chi connectivity index (χ2n) is 8.77. The van der Waals surface area contributed by atoms with Gasteiger partial charge in [-0.05, 0) is 26.3 Å². The van der Waals surface area contributed by atoms with Gasteiger partial charge in [0, 0.05) is 17.4 Å². The second-order valence-corrected chi connectivity index (χ2v) is 8.77. The Morgan fingerprint density at radius 1 is 1.13 bits per heavy atom. The van der Waals surface area contributed by atoms with Crippen molar-refractivity contribution in [3.05, 3.63) is 22.8 Å². The van der Waals surface area contributed by atoms with E-state index in [0.29, 0.717) is 12.0 Å². The molecule has 0 aromatic carbocycles. The fourth-order valence-corrected chi connectivity index (χ4v) is 5.28. The highest BCUT2D eigenvalue weighted by atomic mass is 16.7. The molecular formula is C21H28O9. The van der Waals surface area contributed by atoms with Crippen LogP contribution in [0.25, 0.3) is 0 Å². The van der Waals surface area contributed by atoms with Crippen LogP contribution in [0.4, 0.5) is 0 Å². The van der Waals surface area contributed by atoms with Crippen LogP contribution in [0.3, 0.4) is 0 Å². The summed E-state index contributed by atoms with van der Waals surface area (Å²) in [5.74, 6) is -1.71. The van der Waals surface area contributed by atoms with Crippen molar-refractivity contribution in [3.63, 3.8) is 0 Å². The molecule has 30 heavy (non-hydrogen) atoms. The van der Waals surface area contributed by atoms with Gasteiger partial charge < -0.3 is 34.6 Å². The number of hydrogen-bond donors (Lipinski definition) is 4. The summed E-state index contributed by atoms with van der Waals surface area (Å²) >= 11 is 0. The van der Waals surface area contributed by atoms with Crippen molar-refractivity contribution in [3.8, 4) is 0 Å². The molecule has 4 rings (SSSR count). The number of ketones is 1. The maximum absolute atomic E-state index is 12.6. The molecule has 4 aliphatic rings. The molecule has 2 saturated heterocycles. The van der Waals surface area contributed by atoms with Crippen LogP contribution in [0.1, 0.15) is 27.2 Å². The maximum atomic E-state index is 12.6. The predicted molar refractivity (Wildman–Crippen MR) is 101 cm³/mol. The number of ether oxygens (including phenoxy) is 3. The van der Waals surface area contributed by atoms with E-state index >= 15 is 0 Å². The van der Waals surface area contributed by atoms with Crippen molar-refractivity contribution >= 4 is 11.8 Å². The molecule has 9 heteroatoms. The zero-order valence-electron chi connectivity index (χ0n) is 17.1. The number of aliphatic hydroxyl groups is 4. The van der Waals surface area contributed by atoms with Gasteiger partial charge in [-0.2, -0.15) is 0 Å². The van der Waals surface area contributed by atoms with E-state index in [4.69, 9.17) is 14.2 Å². The molecular weight excluding hydrogens is 396 g/mol. The Kier molecular flexibility index (Phi) is 5.63. The van der Waals surface area contributed by atoms with Crippen molar-refractivity contribution < 1.29 is 44.2 Å². The zero-order chi connectivity index (χ0) is 21.9. The minimum Gasteiger partial charge on any atom is -0.461 e. The first-order valence-electron chi connectivity index (χ1n) is 10.2. The molecule has 166 valence electrons. The Morgan fingerprint density at radius 2 is 1.83 bits per heavy atom. The number of rotatable bonds is 3. The lowest BCUT2D eigenvalue weighted by Crippen LogP contribution is -2.60. The lowest BCUT2D eigenvalue weighted by Gasteiger charge is -2.42. The monoisotopic (exact) mass is 424 g/mol. The molecule has 0 spiro atoms. The first kappa shape index (κ1) is 21.6. The van der Waals surface area contributed by atoms with Crippen molar-refractivity contribution in [2.24, 2.45) is 17.8 Å². The topological polar surface area (TPSA) is 143 Å². The molecule has 0 amide bonds. The number of allylic oxidation sites excluding steroid dienone is 1. The van der Waals surface area contributed by atoms with Gasteiger partial charge in [0.1, 0.15) is 30.5 Å². The number of carbonyl (C=O) groups excluding carboxylic acids is 2. The number of aliphatic hydroxyl groups excluding tert-OH is 4. The van der Waals surface area contributed by atoms with Gasteiger partial charge in [-0.3, -0.25) is 9.59 Å². The summed E-state index contributed by atoms with van der Waals surface area (Å²) in [6.45, 7) is 4.86. The molecule has 2 heterocycles. The third-order valence-corrected chi connectivity index (χ3v) is 6.89. The van der Waals surface area contributed by atoms with E-state index in [1.54, 1.807) is 13.0 Å². The summed E-state index contributed by atoms with van der Waals surface area (Å²) in [7, 11) is 0. The van der Waals surface area contributed by atoms with Crippen LogP contribution in [-0.2, 0) is 23.8 Å². The van der Waals surface area contributed by atoms with E-state index in [9.17, 15) is 30.0 Å². The summed E-state index contributed by atoms with van der Waals surface area (Å²) < 4.78 is 17.3. The highest BCUT2D eigenvalue weighted by molar-refractivity contribution is 6.09. The van der Waals surface area contributed by atoms with Crippen LogP contribution in [0.5, 0.6) is 0 Å². The van der Waals surface area contributed by atoms with Crippen LogP contribution in [0.15, 0.2) is 22.8 Å². The van der Waals surface area contributed by atoms with Crippen LogP contribution in [0, 0.1) is 17.8 Å². The largest absolute Gasteiger partial charge is 0.461 e. The van der Waals surface area contributed by atoms with Crippen molar-refractivity contribution in [1.82, 2.24) is 0 Å². The van der Waals surface area contributed by atoms with E-state index in [1.165, 1.54) is 0 Å². The number of hydrogen-bond acceptors (Lipinski definition) is 9. The average Bonchev–Trinajstić information content (AvgIpc) is 3.11. The van der Waals surface area contributed by atoms with Gasteiger partial charge in [0.05, 0.1) is 18.6 Å². The van der Waals surface area contributed by atoms with E-state index in [0.717, 1.165) is 11.1 Å². The molecule has 0 bridgehead atoms. The highest BCUT2D eigenvalue weighted by Crippen LogP contribution is 2.49. The van der Waals surface area contributed by atoms with Gasteiger partial charge >= 0.3 is 5.97 Å². The summed E-state index contributed by atoms with van der Waals surface area (Å²) in [5, 5.41) is 39.9. The van der Waals surface area contributed by atoms with Crippen molar-refractivity contribution in [1.29, 1.82) is 0 Å². The smallest absolute Gasteiger partial charge is 0.309 e. The molecule has 10 atom stereocenters. The highest BCUT2D eigenvalue weighted by Gasteiger charge is 2.56. The lowest BCUT2D eigenvalue weighted by molar-refractivity contribution is -0.316. The normalized spacial score (nSPS) is 46.3. The van der Waals surface area contributed by atoms with Crippen LogP contribution in [-0.4, -0.2) is 81.7 Å². The Labute approximate surface area is 173 Å². The van der Waals surface area contributed by atoms with Crippen LogP contribution in [0.2, 0.25) is 0 Å². The fraction of sp³-hybridized carbons (Fsp3) is 0.714. The molecule has 0 aromatic heterocycles. The Hall–Kier alpha value is -1.62. The van der Waals surface area contributed by atoms with Gasteiger partial charge in [0.25, 0.3) is 0 Å². The van der Waals surface area contributed by atoms with E-state index in [2.05, 4.69) is 0 Å². The van der Waals surface area contributed by atoms with Gasteiger partial charge in [0.2, 0.25) is 0 Å². The minimum absolute atomic E-state index is 0.0992. The van der Waals surface area contributed by atoms with E-state index in [1.807, 2.05) is 13.8 Å². The summed E-state index contributed by atoms with van der Waals surface area (Å²) in [4.78, 5) is 25.0. The van der Waals surface area contributed by atoms with Gasteiger partial charge in [-0.1, -0.05) is 18.1 Å². The molecule has 0 unspecified atom stereocenters. The summed E-state index contributed by atoms with van der Waals surface area (Å²) in [5.41, 5.74) is 2.26.